The molecule has 0 nitrogen and oxygen atoms in total. The van der Waals surface area contributed by atoms with Crippen molar-refractivity contribution in [2.75, 3.05) is 0 Å². The summed E-state index contributed by atoms with van der Waals surface area (Å²) >= 11 is 0. The van der Waals surface area contributed by atoms with E-state index >= 15 is 0 Å². The molecule has 0 aromatic carbocycles. The Morgan fingerprint density at radius 1 is 1.80 bits per heavy atom. The number of hydrogen-bond acceptors (Lipinski definition) is 1. The zero-order valence-corrected chi connectivity index (χ0v) is 4.56. The second-order valence-corrected chi connectivity index (χ2v) is 2.61. The molecule has 0 fully saturated rings. The average Bonchev–Trinajstić information content (AvgIpc) is 1.41. The Bertz CT molecular complexity index is 34.2. The molecule has 0 unspecified atom stereocenters. The molecule has 5 heavy (non-hydrogen) atoms. The Morgan fingerprint density at radius 3 is 2.40 bits per heavy atom. The Hall–Kier alpha value is 0.310. The van der Waals surface area contributed by atoms with E-state index in [1.54, 1.807) is 16.2 Å². The smallest absolute Gasteiger partial charge is 0.0261 e. The van der Waals surface area contributed by atoms with Gasteiger partial charge in [-0.15, -0.1) is 10.4 Å². The van der Waals surface area contributed by atoms with Crippen molar-refractivity contribution >= 4 is 27.0 Å². The molecule has 0 aliphatic carbocycles. The second-order valence-electron chi connectivity index (χ2n) is 0.401. The number of thiol groups is 1. The lowest BCUT2D eigenvalue weighted by Gasteiger charge is -1.66. The minimum Gasteiger partial charge on any atom is -0.146 e. The molecule has 0 rings (SSSR count). The molecule has 2 heteroatoms. The molecule has 0 heterocycles. The molecule has 0 atom stereocenters. The highest BCUT2D eigenvalue weighted by Gasteiger charge is 1.50. The molecule has 0 radical (unpaired) electrons. The van der Waals surface area contributed by atoms with Gasteiger partial charge in [0.15, 0.2) is 0 Å². The first-order valence-corrected chi connectivity index (χ1v) is 3.71. The summed E-state index contributed by atoms with van der Waals surface area (Å²) in [6.45, 7) is 3.47. The molecule has 30 valence electrons. The van der Waals surface area contributed by atoms with Crippen molar-refractivity contribution in [1.29, 1.82) is 0 Å². The minimum absolute atomic E-state index is 1.08. The first kappa shape index (κ1) is 5.31. The summed E-state index contributed by atoms with van der Waals surface area (Å²) in [4.78, 5) is 0. The highest BCUT2D eigenvalue weighted by molar-refractivity contribution is 8.76. The molecule has 0 N–H and O–H groups in total. The Labute approximate surface area is 39.6 Å². The van der Waals surface area contributed by atoms with Crippen LogP contribution in [0.25, 0.3) is 0 Å². The number of rotatable bonds is 2. The third-order valence-electron chi connectivity index (χ3n) is 0.149. The lowest BCUT2D eigenvalue weighted by Crippen LogP contribution is -1.18. The third kappa shape index (κ3) is 4.31. The first-order valence-electron chi connectivity index (χ1n) is 1.14. The van der Waals surface area contributed by atoms with E-state index in [9.17, 15) is 0 Å². The SMILES string of the molecule is C=CS[SH]=C. The number of hydrogen-bond donors (Lipinski definition) is 1. The lowest BCUT2D eigenvalue weighted by molar-refractivity contribution is 2.69. The Kier molecular flexibility index (Phi) is 4.58. The summed E-state index contributed by atoms with van der Waals surface area (Å²) in [7, 11) is 2.67. The van der Waals surface area contributed by atoms with Gasteiger partial charge in [0.05, 0.1) is 0 Å². The van der Waals surface area contributed by atoms with E-state index in [1.165, 1.54) is 0 Å². The fourth-order valence-corrected chi connectivity index (χ4v) is 0.474. The fourth-order valence-electron chi connectivity index (χ4n) is 0.0527. The second kappa shape index (κ2) is 4.31. The van der Waals surface area contributed by atoms with Gasteiger partial charge in [0, 0.05) is 0 Å². The van der Waals surface area contributed by atoms with Crippen LogP contribution in [0.3, 0.4) is 0 Å². The quantitative estimate of drug-likeness (QED) is 0.317. The maximum atomic E-state index is 3.54. The van der Waals surface area contributed by atoms with Crippen LogP contribution in [0.1, 0.15) is 0 Å². The minimum atomic E-state index is 1.08. The van der Waals surface area contributed by atoms with Gasteiger partial charge in [0.25, 0.3) is 0 Å². The van der Waals surface area contributed by atoms with Gasteiger partial charge in [-0.3, -0.25) is 0 Å². The Balaban J connectivity index is 2.65. The average molecular weight is 106 g/mol. The maximum absolute atomic E-state index is 3.54. The summed E-state index contributed by atoms with van der Waals surface area (Å²) in [5.74, 6) is 3.54. The van der Waals surface area contributed by atoms with Crippen molar-refractivity contribution in [3.63, 3.8) is 0 Å². The highest BCUT2D eigenvalue weighted by atomic mass is 33.1. The predicted octanol–water partition coefficient (Wildman–Crippen LogP) is 1.68. The lowest BCUT2D eigenvalue weighted by atomic mass is 11.3. The van der Waals surface area contributed by atoms with Gasteiger partial charge >= 0.3 is 0 Å². The maximum Gasteiger partial charge on any atom is -0.0261 e. The molecule has 0 aromatic rings. The van der Waals surface area contributed by atoms with Crippen LogP contribution in [0.15, 0.2) is 12.0 Å². The van der Waals surface area contributed by atoms with Gasteiger partial charge < -0.3 is 0 Å². The normalized spacial score (nSPS) is 7.20. The Morgan fingerprint density at radius 2 is 2.40 bits per heavy atom. The van der Waals surface area contributed by atoms with Crippen molar-refractivity contribution in [2.45, 2.75) is 0 Å². The van der Waals surface area contributed by atoms with E-state index in [2.05, 4.69) is 12.4 Å². The zero-order valence-electron chi connectivity index (χ0n) is 2.85. The van der Waals surface area contributed by atoms with Crippen LogP contribution in [0.5, 0.6) is 0 Å². The summed E-state index contributed by atoms with van der Waals surface area (Å²) < 4.78 is 0. The molecular formula is C3H6S2. The van der Waals surface area contributed by atoms with E-state index in [1.807, 2.05) is 0 Å². The van der Waals surface area contributed by atoms with E-state index in [4.69, 9.17) is 0 Å². The van der Waals surface area contributed by atoms with Crippen LogP contribution in [0.2, 0.25) is 0 Å². The summed E-state index contributed by atoms with van der Waals surface area (Å²) in [6.07, 6.45) is 0. The zero-order chi connectivity index (χ0) is 4.12. The summed E-state index contributed by atoms with van der Waals surface area (Å²) in [5.41, 5.74) is 0. The van der Waals surface area contributed by atoms with E-state index in [0.717, 1.165) is 10.4 Å². The summed E-state index contributed by atoms with van der Waals surface area (Å²) in [6, 6.07) is 0. The largest absolute Gasteiger partial charge is 0.146 e. The van der Waals surface area contributed by atoms with Crippen molar-refractivity contribution < 1.29 is 0 Å². The molecule has 0 aliphatic rings. The topological polar surface area (TPSA) is 0 Å². The van der Waals surface area contributed by atoms with Gasteiger partial charge in [-0.25, -0.2) is 0 Å². The summed E-state index contributed by atoms with van der Waals surface area (Å²) in [5, 5.41) is 1.77. The monoisotopic (exact) mass is 106 g/mol. The highest BCUT2D eigenvalue weighted by Crippen LogP contribution is 2.08. The molecule has 0 spiro atoms. The van der Waals surface area contributed by atoms with Crippen LogP contribution >= 0.6 is 21.2 Å². The standard InChI is InChI=1S/C3H6S2/c1-3-5-4-2/h3-4H,1-2H2. The molecule has 0 saturated carbocycles. The van der Waals surface area contributed by atoms with Gasteiger partial charge in [-0.05, 0) is 5.41 Å². The molecule has 0 aliphatic heterocycles. The molecule has 0 aromatic heterocycles. The fraction of sp³-hybridized carbons (Fsp3) is 0. The van der Waals surface area contributed by atoms with Crippen LogP contribution in [-0.2, 0) is 0 Å². The van der Waals surface area contributed by atoms with E-state index < -0.39 is 0 Å². The predicted molar refractivity (Wildman–Crippen MR) is 33.9 cm³/mol. The van der Waals surface area contributed by atoms with Crippen molar-refractivity contribution in [1.82, 2.24) is 0 Å². The van der Waals surface area contributed by atoms with Crippen LogP contribution in [-0.4, -0.2) is 5.87 Å². The third-order valence-corrected chi connectivity index (χ3v) is 1.34. The van der Waals surface area contributed by atoms with Crippen molar-refractivity contribution in [3.8, 4) is 0 Å². The molecule has 0 amide bonds. The molecule has 0 bridgehead atoms. The van der Waals surface area contributed by atoms with Crippen LogP contribution in [0.4, 0.5) is 0 Å². The molecule has 0 saturated heterocycles. The van der Waals surface area contributed by atoms with Gasteiger partial charge in [-0.1, -0.05) is 23.2 Å². The van der Waals surface area contributed by atoms with Gasteiger partial charge in [0.2, 0.25) is 0 Å². The van der Waals surface area contributed by atoms with E-state index in [0.29, 0.717) is 0 Å². The molecular weight excluding hydrogens is 100 g/mol. The first-order chi connectivity index (χ1) is 2.41. The van der Waals surface area contributed by atoms with Gasteiger partial charge in [-0.2, -0.15) is 0 Å². The van der Waals surface area contributed by atoms with Crippen LogP contribution < -0.4 is 0 Å². The van der Waals surface area contributed by atoms with Crippen LogP contribution in [0, 0.1) is 0 Å². The van der Waals surface area contributed by atoms with Crippen molar-refractivity contribution in [3.05, 3.63) is 12.0 Å². The van der Waals surface area contributed by atoms with Crippen molar-refractivity contribution in [2.24, 2.45) is 0 Å². The van der Waals surface area contributed by atoms with E-state index in [-0.39, 0.29) is 0 Å². The van der Waals surface area contributed by atoms with Gasteiger partial charge in [0.1, 0.15) is 0 Å².